The number of hydrogen-bond acceptors (Lipinski definition) is 3. The van der Waals surface area contributed by atoms with Gasteiger partial charge >= 0.3 is 6.18 Å². The lowest BCUT2D eigenvalue weighted by Gasteiger charge is -2.35. The molecule has 0 radical (unpaired) electrons. The van der Waals surface area contributed by atoms with E-state index in [2.05, 4.69) is 22.1 Å². The summed E-state index contributed by atoms with van der Waals surface area (Å²) in [5.74, 6) is 3.80. The molecule has 1 saturated heterocycles. The van der Waals surface area contributed by atoms with E-state index in [1.54, 1.807) is 4.90 Å². The van der Waals surface area contributed by atoms with E-state index in [0.717, 1.165) is 31.0 Å². The van der Waals surface area contributed by atoms with E-state index in [4.69, 9.17) is 5.73 Å². The molecule has 2 fully saturated rings. The molecule has 10 heteroatoms. The summed E-state index contributed by atoms with van der Waals surface area (Å²) in [6, 6.07) is 3.84. The number of alkyl halides is 3. The summed E-state index contributed by atoms with van der Waals surface area (Å²) >= 11 is 0. The summed E-state index contributed by atoms with van der Waals surface area (Å²) in [5.41, 5.74) is 4.87. The van der Waals surface area contributed by atoms with E-state index >= 15 is 4.39 Å². The number of benzene rings is 2. The predicted octanol–water partition coefficient (Wildman–Crippen LogP) is 4.08. The van der Waals surface area contributed by atoms with Crippen molar-refractivity contribution in [2.24, 2.45) is 11.7 Å². The van der Waals surface area contributed by atoms with Crippen LogP contribution in [-0.2, 0) is 11.0 Å². The maximum atomic E-state index is 15.5. The van der Waals surface area contributed by atoms with Crippen molar-refractivity contribution >= 4 is 39.3 Å². The third-order valence-corrected chi connectivity index (χ3v) is 6.43. The Hall–Kier alpha value is -3.74. The van der Waals surface area contributed by atoms with Gasteiger partial charge < -0.3 is 20.9 Å². The van der Waals surface area contributed by atoms with Crippen LogP contribution >= 0.6 is 0 Å². The topological polar surface area (TPSA) is 91.2 Å². The second kappa shape index (κ2) is 8.48. The molecule has 1 aromatic heterocycles. The van der Waals surface area contributed by atoms with E-state index in [-0.39, 0.29) is 52.1 Å². The summed E-state index contributed by atoms with van der Waals surface area (Å²) in [6.45, 7) is 0.751. The Morgan fingerprint density at radius 2 is 1.94 bits per heavy atom. The van der Waals surface area contributed by atoms with Crippen LogP contribution in [0.4, 0.5) is 23.2 Å². The van der Waals surface area contributed by atoms with Crippen LogP contribution in [0, 0.1) is 23.6 Å². The number of aromatic nitrogens is 1. The zero-order valence-electron chi connectivity index (χ0n) is 18.6. The van der Waals surface area contributed by atoms with Gasteiger partial charge in [-0.1, -0.05) is 12.0 Å². The van der Waals surface area contributed by atoms with E-state index in [9.17, 15) is 22.8 Å². The highest BCUT2D eigenvalue weighted by Gasteiger charge is 2.32. The van der Waals surface area contributed by atoms with Crippen molar-refractivity contribution in [2.45, 2.75) is 37.9 Å². The lowest BCUT2D eigenvalue weighted by atomic mass is 10.00. The van der Waals surface area contributed by atoms with Gasteiger partial charge in [-0.05, 0) is 49.8 Å². The molecule has 1 aliphatic heterocycles. The summed E-state index contributed by atoms with van der Waals surface area (Å²) in [6.07, 6.45) is -1.22. The number of piperidine rings is 1. The quantitative estimate of drug-likeness (QED) is 0.385. The Morgan fingerprint density at radius 3 is 2.63 bits per heavy atom. The van der Waals surface area contributed by atoms with Crippen LogP contribution in [0.2, 0.25) is 0 Å². The second-order valence-corrected chi connectivity index (χ2v) is 9.05. The number of amides is 2. The van der Waals surface area contributed by atoms with Crippen molar-refractivity contribution in [1.29, 1.82) is 0 Å². The molecule has 1 atom stereocenters. The van der Waals surface area contributed by atoms with Gasteiger partial charge in [-0.15, -0.1) is 0 Å². The number of carbonyl (C=O) groups is 2. The number of nitrogens with zero attached hydrogens (tertiary/aromatic N) is 1. The van der Waals surface area contributed by atoms with E-state index in [1.165, 1.54) is 6.07 Å². The lowest BCUT2D eigenvalue weighted by molar-refractivity contribution is -0.137. The zero-order valence-corrected chi connectivity index (χ0v) is 18.6. The lowest BCUT2D eigenvalue weighted by Crippen LogP contribution is -2.47. The van der Waals surface area contributed by atoms with Gasteiger partial charge in [-0.25, -0.2) is 4.39 Å². The fourth-order valence-electron chi connectivity index (χ4n) is 4.63. The number of primary amides is 1. The van der Waals surface area contributed by atoms with Crippen molar-refractivity contribution in [2.75, 3.05) is 18.0 Å². The number of aromatic amines is 1. The molecule has 4 N–H and O–H groups in total. The van der Waals surface area contributed by atoms with Crippen molar-refractivity contribution in [3.63, 3.8) is 0 Å². The standard InChI is InChI=1S/C25H22F4N4O2/c26-18-11-17(24(30)35)22-21(16-7-6-14(25(27,28)29)10-19(16)32-22)23(18)33-9-1-2-15(12-33)31-20(34)8-5-13-3-4-13/h6-7,10-11,13,15,32H,1-4,9,12H2,(H2,30,35)(H,31,34)/t15-/m0/s1. The molecule has 182 valence electrons. The van der Waals surface area contributed by atoms with Crippen LogP contribution in [-0.4, -0.2) is 35.9 Å². The Labute approximate surface area is 197 Å². The predicted molar refractivity (Wildman–Crippen MR) is 123 cm³/mol. The zero-order chi connectivity index (χ0) is 24.9. The van der Waals surface area contributed by atoms with Crippen LogP contribution in [0.25, 0.3) is 21.8 Å². The van der Waals surface area contributed by atoms with E-state index < -0.39 is 23.5 Å². The number of rotatable bonds is 3. The van der Waals surface area contributed by atoms with Gasteiger partial charge in [0.15, 0.2) is 0 Å². The molecule has 6 nitrogen and oxygen atoms in total. The van der Waals surface area contributed by atoms with Crippen molar-refractivity contribution in [3.8, 4) is 11.8 Å². The number of fused-ring (bicyclic) bond motifs is 3. The highest BCUT2D eigenvalue weighted by atomic mass is 19.4. The summed E-state index contributed by atoms with van der Waals surface area (Å²) in [5, 5.41) is 3.49. The maximum Gasteiger partial charge on any atom is 0.416 e. The van der Waals surface area contributed by atoms with Gasteiger partial charge in [0.05, 0.1) is 22.3 Å². The highest BCUT2D eigenvalue weighted by molar-refractivity contribution is 6.19. The highest BCUT2D eigenvalue weighted by Crippen LogP contribution is 2.40. The van der Waals surface area contributed by atoms with Crippen LogP contribution in [0.3, 0.4) is 0 Å². The Kier molecular flexibility index (Phi) is 5.58. The molecule has 2 aliphatic rings. The number of carbonyl (C=O) groups excluding carboxylic acids is 2. The average molecular weight is 486 g/mol. The van der Waals surface area contributed by atoms with Crippen LogP contribution in [0.1, 0.15) is 41.6 Å². The molecule has 35 heavy (non-hydrogen) atoms. The molecular weight excluding hydrogens is 464 g/mol. The van der Waals surface area contributed by atoms with Crippen molar-refractivity contribution in [1.82, 2.24) is 10.3 Å². The number of anilines is 1. The molecule has 0 spiro atoms. The fraction of sp³-hybridized carbons (Fsp3) is 0.360. The molecule has 1 saturated carbocycles. The molecule has 5 rings (SSSR count). The van der Waals surface area contributed by atoms with Gasteiger partial charge in [0.25, 0.3) is 11.8 Å². The number of nitrogens with one attached hydrogen (secondary N) is 2. The average Bonchev–Trinajstić information content (AvgIpc) is 3.55. The Balaban J connectivity index is 1.56. The van der Waals surface area contributed by atoms with Gasteiger partial charge in [0.2, 0.25) is 0 Å². The molecule has 2 heterocycles. The van der Waals surface area contributed by atoms with Crippen LogP contribution < -0.4 is 16.0 Å². The SMILES string of the molecule is NC(=O)c1cc(F)c(N2CCC[C@H](NC(=O)C#CC3CC3)C2)c2c1[nH]c1cc(C(F)(F)F)ccc12. The van der Waals surface area contributed by atoms with E-state index in [1.807, 2.05) is 0 Å². The first-order valence-electron chi connectivity index (χ1n) is 11.3. The molecule has 3 aromatic rings. The molecule has 0 bridgehead atoms. The normalized spacial score (nSPS) is 18.4. The third-order valence-electron chi connectivity index (χ3n) is 6.43. The van der Waals surface area contributed by atoms with Crippen LogP contribution in [0.15, 0.2) is 24.3 Å². The second-order valence-electron chi connectivity index (χ2n) is 9.05. The number of halogens is 4. The van der Waals surface area contributed by atoms with E-state index in [0.29, 0.717) is 24.8 Å². The Bertz CT molecular complexity index is 1410. The minimum atomic E-state index is -4.56. The maximum absolute atomic E-state index is 15.5. The minimum absolute atomic E-state index is 0.112. The summed E-state index contributed by atoms with van der Waals surface area (Å²) in [4.78, 5) is 28.8. The molecule has 2 aromatic carbocycles. The largest absolute Gasteiger partial charge is 0.416 e. The van der Waals surface area contributed by atoms with Crippen molar-refractivity contribution < 1.29 is 27.2 Å². The first kappa shape index (κ1) is 23.0. The molecule has 2 amide bonds. The Morgan fingerprint density at radius 1 is 1.17 bits per heavy atom. The first-order valence-corrected chi connectivity index (χ1v) is 11.3. The molecular formula is C25H22F4N4O2. The van der Waals surface area contributed by atoms with Crippen LogP contribution in [0.5, 0.6) is 0 Å². The summed E-state index contributed by atoms with van der Waals surface area (Å²) < 4.78 is 55.2. The first-order chi connectivity index (χ1) is 16.6. The number of nitrogens with two attached hydrogens (primary N) is 1. The van der Waals surface area contributed by atoms with Gasteiger partial charge in [0.1, 0.15) is 5.82 Å². The minimum Gasteiger partial charge on any atom is -0.367 e. The smallest absolute Gasteiger partial charge is 0.367 e. The number of hydrogen-bond donors (Lipinski definition) is 3. The third kappa shape index (κ3) is 4.50. The van der Waals surface area contributed by atoms with Crippen molar-refractivity contribution in [3.05, 3.63) is 41.2 Å². The van der Waals surface area contributed by atoms with Gasteiger partial charge in [0, 0.05) is 41.3 Å². The molecule has 0 unspecified atom stereocenters. The number of H-pyrrole nitrogens is 1. The fourth-order valence-corrected chi connectivity index (χ4v) is 4.63. The molecule has 1 aliphatic carbocycles. The monoisotopic (exact) mass is 486 g/mol. The van der Waals surface area contributed by atoms with Gasteiger partial charge in [-0.2, -0.15) is 13.2 Å². The van der Waals surface area contributed by atoms with Gasteiger partial charge in [-0.3, -0.25) is 9.59 Å². The summed E-state index contributed by atoms with van der Waals surface area (Å²) in [7, 11) is 0.